The van der Waals surface area contributed by atoms with E-state index in [0.717, 1.165) is 37.8 Å². The van der Waals surface area contributed by atoms with Crippen molar-refractivity contribution in [2.24, 2.45) is 5.92 Å². The summed E-state index contributed by atoms with van der Waals surface area (Å²) >= 11 is 0. The van der Waals surface area contributed by atoms with Crippen LogP contribution in [0, 0.1) is 5.92 Å². The first-order valence-corrected chi connectivity index (χ1v) is 8.38. The van der Waals surface area contributed by atoms with Crippen LogP contribution in [0.4, 0.5) is 13.2 Å². The lowest BCUT2D eigenvalue weighted by atomic mass is 10.1. The summed E-state index contributed by atoms with van der Waals surface area (Å²) in [7, 11) is -5.32. The van der Waals surface area contributed by atoms with Gasteiger partial charge in [-0.25, -0.2) is 8.42 Å². The second kappa shape index (κ2) is 6.28. The highest BCUT2D eigenvalue weighted by Crippen LogP contribution is 2.30. The van der Waals surface area contributed by atoms with E-state index >= 15 is 0 Å². The highest BCUT2D eigenvalue weighted by Gasteiger charge is 2.46. The van der Waals surface area contributed by atoms with Crippen LogP contribution in [0.1, 0.15) is 31.2 Å². The van der Waals surface area contributed by atoms with Crippen LogP contribution >= 0.6 is 0 Å². The number of carbonyl (C=O) groups is 1. The topological polar surface area (TPSA) is 63.2 Å². The van der Waals surface area contributed by atoms with Gasteiger partial charge < -0.3 is 5.32 Å². The smallest absolute Gasteiger partial charge is 0.352 e. The van der Waals surface area contributed by atoms with E-state index in [1.54, 1.807) is 0 Å². The molecule has 4 nitrogen and oxygen atoms in total. The molecule has 1 aromatic rings. The molecule has 0 spiro atoms. The van der Waals surface area contributed by atoms with E-state index in [1.807, 2.05) is 0 Å². The summed E-state index contributed by atoms with van der Waals surface area (Å²) in [5.41, 5.74) is -4.77. The number of hydrogen-bond acceptors (Lipinski definition) is 3. The van der Waals surface area contributed by atoms with Crippen LogP contribution in [0.5, 0.6) is 0 Å². The van der Waals surface area contributed by atoms with Crippen molar-refractivity contribution in [3.8, 4) is 0 Å². The van der Waals surface area contributed by atoms with E-state index in [2.05, 4.69) is 5.32 Å². The normalized spacial score (nSPS) is 16.7. The van der Waals surface area contributed by atoms with E-state index in [-0.39, 0.29) is 18.4 Å². The minimum Gasteiger partial charge on any atom is -0.352 e. The maximum absolute atomic E-state index is 12.4. The lowest BCUT2D eigenvalue weighted by Crippen LogP contribution is -2.28. The number of carbonyl (C=O) groups excluding carboxylic acids is 1. The van der Waals surface area contributed by atoms with Crippen molar-refractivity contribution in [3.63, 3.8) is 0 Å². The molecular weight excluding hydrogens is 319 g/mol. The van der Waals surface area contributed by atoms with Crippen LogP contribution in [0.15, 0.2) is 29.2 Å². The average molecular weight is 335 g/mol. The summed E-state index contributed by atoms with van der Waals surface area (Å²) in [5, 5.41) is 2.72. The van der Waals surface area contributed by atoms with Gasteiger partial charge >= 0.3 is 5.51 Å². The van der Waals surface area contributed by atoms with Crippen molar-refractivity contribution in [2.75, 3.05) is 0 Å². The number of amides is 1. The van der Waals surface area contributed by atoms with Crippen LogP contribution in [0.25, 0.3) is 0 Å². The maximum Gasteiger partial charge on any atom is 0.501 e. The molecule has 0 heterocycles. The number of nitrogens with one attached hydrogen (secondary N) is 1. The molecule has 1 aliphatic rings. The van der Waals surface area contributed by atoms with Gasteiger partial charge in [-0.3, -0.25) is 4.79 Å². The predicted octanol–water partition coefficient (Wildman–Crippen LogP) is 2.79. The quantitative estimate of drug-likeness (QED) is 0.920. The first-order chi connectivity index (χ1) is 10.2. The Kier molecular flexibility index (Phi) is 4.79. The number of hydrogen-bond donors (Lipinski definition) is 1. The van der Waals surface area contributed by atoms with Crippen LogP contribution in [0.3, 0.4) is 0 Å². The van der Waals surface area contributed by atoms with Gasteiger partial charge in [0.15, 0.2) is 0 Å². The summed E-state index contributed by atoms with van der Waals surface area (Å²) in [5.74, 6) is -0.0608. The van der Waals surface area contributed by atoms with Crippen LogP contribution in [-0.4, -0.2) is 19.8 Å². The fourth-order valence-electron chi connectivity index (χ4n) is 2.44. The van der Waals surface area contributed by atoms with Crippen molar-refractivity contribution in [1.82, 2.24) is 5.32 Å². The second-order valence-electron chi connectivity index (χ2n) is 5.29. The fraction of sp³-hybridized carbons (Fsp3) is 0.500. The highest BCUT2D eigenvalue weighted by molar-refractivity contribution is 7.92. The van der Waals surface area contributed by atoms with Crippen LogP contribution in [0.2, 0.25) is 0 Å². The van der Waals surface area contributed by atoms with E-state index in [1.165, 1.54) is 12.1 Å². The second-order valence-corrected chi connectivity index (χ2v) is 7.23. The first-order valence-electron chi connectivity index (χ1n) is 6.90. The molecule has 8 heteroatoms. The Morgan fingerprint density at radius 1 is 1.14 bits per heavy atom. The molecule has 2 rings (SSSR count). The molecule has 1 saturated carbocycles. The number of sulfone groups is 1. The molecule has 122 valence electrons. The minimum absolute atomic E-state index is 0.00452. The zero-order chi connectivity index (χ0) is 16.4. The van der Waals surface area contributed by atoms with Gasteiger partial charge in [-0.05, 0) is 30.5 Å². The van der Waals surface area contributed by atoms with Crippen LogP contribution in [-0.2, 0) is 21.2 Å². The minimum atomic E-state index is -5.32. The summed E-state index contributed by atoms with van der Waals surface area (Å²) in [6.45, 7) is 0.168. The van der Waals surface area contributed by atoms with Crippen molar-refractivity contribution in [1.29, 1.82) is 0 Å². The molecule has 0 unspecified atom stereocenters. The largest absolute Gasteiger partial charge is 0.501 e. The molecule has 1 fully saturated rings. The van der Waals surface area contributed by atoms with Gasteiger partial charge in [0.05, 0.1) is 4.90 Å². The van der Waals surface area contributed by atoms with Gasteiger partial charge in [0.2, 0.25) is 5.91 Å². The molecule has 0 bridgehead atoms. The highest BCUT2D eigenvalue weighted by atomic mass is 32.2. The number of halogens is 3. The summed E-state index contributed by atoms with van der Waals surface area (Å²) in [6, 6.07) is 4.35. The fourth-order valence-corrected chi connectivity index (χ4v) is 3.20. The number of alkyl halides is 3. The molecule has 0 saturated heterocycles. The Morgan fingerprint density at radius 3 is 2.18 bits per heavy atom. The third kappa shape index (κ3) is 3.60. The first kappa shape index (κ1) is 16.8. The van der Waals surface area contributed by atoms with E-state index in [0.29, 0.717) is 5.56 Å². The van der Waals surface area contributed by atoms with E-state index in [9.17, 15) is 26.4 Å². The van der Waals surface area contributed by atoms with E-state index < -0.39 is 20.2 Å². The summed E-state index contributed by atoms with van der Waals surface area (Å²) < 4.78 is 59.6. The average Bonchev–Trinajstić information content (AvgIpc) is 2.98. The Balaban J connectivity index is 1.99. The van der Waals surface area contributed by atoms with E-state index in [4.69, 9.17) is 0 Å². The molecule has 1 aliphatic carbocycles. The Morgan fingerprint density at radius 2 is 1.68 bits per heavy atom. The van der Waals surface area contributed by atoms with Gasteiger partial charge in [-0.15, -0.1) is 0 Å². The van der Waals surface area contributed by atoms with Gasteiger partial charge in [0.25, 0.3) is 9.84 Å². The van der Waals surface area contributed by atoms with Gasteiger partial charge in [-0.1, -0.05) is 25.0 Å². The molecule has 0 atom stereocenters. The van der Waals surface area contributed by atoms with Crippen molar-refractivity contribution < 1.29 is 26.4 Å². The van der Waals surface area contributed by atoms with Crippen LogP contribution < -0.4 is 5.32 Å². The van der Waals surface area contributed by atoms with Gasteiger partial charge in [0, 0.05) is 12.5 Å². The van der Waals surface area contributed by atoms with Gasteiger partial charge in [-0.2, -0.15) is 13.2 Å². The molecule has 1 amide bonds. The Labute approximate surface area is 126 Å². The molecule has 1 N–H and O–H groups in total. The molecule has 0 radical (unpaired) electrons. The maximum atomic E-state index is 12.4. The zero-order valence-electron chi connectivity index (χ0n) is 11.7. The lowest BCUT2D eigenvalue weighted by molar-refractivity contribution is -0.124. The summed E-state index contributed by atoms with van der Waals surface area (Å²) in [6.07, 6.45) is 3.77. The van der Waals surface area contributed by atoms with Crippen molar-refractivity contribution in [2.45, 2.75) is 42.6 Å². The standard InChI is InChI=1S/C14H16F3NO3S/c15-14(16,17)22(20,21)12-7-5-10(6-8-12)9-18-13(19)11-3-1-2-4-11/h5-8,11H,1-4,9H2,(H,18,19). The molecule has 0 aromatic heterocycles. The number of rotatable bonds is 4. The Hall–Kier alpha value is -1.57. The summed E-state index contributed by atoms with van der Waals surface area (Å²) in [4.78, 5) is 11.0. The van der Waals surface area contributed by atoms with Gasteiger partial charge in [0.1, 0.15) is 0 Å². The molecule has 1 aromatic carbocycles. The van der Waals surface area contributed by atoms with Crippen molar-refractivity contribution >= 4 is 15.7 Å². The lowest BCUT2D eigenvalue weighted by Gasteiger charge is -2.11. The number of benzene rings is 1. The zero-order valence-corrected chi connectivity index (χ0v) is 12.5. The third-order valence-corrected chi connectivity index (χ3v) is 5.23. The molecule has 0 aliphatic heterocycles. The SMILES string of the molecule is O=C(NCc1ccc(S(=O)(=O)C(F)(F)F)cc1)C1CCCC1. The predicted molar refractivity (Wildman–Crippen MR) is 73.5 cm³/mol. The molecular formula is C14H16F3NO3S. The van der Waals surface area contributed by atoms with Crippen molar-refractivity contribution in [3.05, 3.63) is 29.8 Å². The monoisotopic (exact) mass is 335 g/mol. The third-order valence-electron chi connectivity index (χ3n) is 3.73. The molecule has 22 heavy (non-hydrogen) atoms. The Bertz CT molecular complexity index is 632.